The van der Waals surface area contributed by atoms with E-state index in [1.54, 1.807) is 0 Å². The highest BCUT2D eigenvalue weighted by Crippen LogP contribution is 2.48. The van der Waals surface area contributed by atoms with Gasteiger partial charge < -0.3 is 10.2 Å². The zero-order chi connectivity index (χ0) is 22.9. The number of nitrogens with zero attached hydrogens (tertiary/aromatic N) is 2. The Hall–Kier alpha value is -3.11. The van der Waals surface area contributed by atoms with Crippen LogP contribution in [0.3, 0.4) is 0 Å². The minimum atomic E-state index is 0.0439. The summed E-state index contributed by atoms with van der Waals surface area (Å²) in [5.41, 5.74) is 9.61. The Balaban J connectivity index is 1.21. The van der Waals surface area contributed by atoms with Crippen molar-refractivity contribution in [2.45, 2.75) is 33.2 Å². The van der Waals surface area contributed by atoms with E-state index < -0.39 is 0 Å². The number of aryl methyl sites for hydroxylation is 2. The van der Waals surface area contributed by atoms with E-state index in [1.165, 1.54) is 33.5 Å². The van der Waals surface area contributed by atoms with E-state index in [4.69, 9.17) is 0 Å². The molecule has 0 spiro atoms. The molecule has 0 radical (unpaired) electrons. The summed E-state index contributed by atoms with van der Waals surface area (Å²) in [7, 11) is 0. The fourth-order valence-corrected chi connectivity index (χ4v) is 5.44. The Labute approximate surface area is 197 Å². The predicted molar refractivity (Wildman–Crippen MR) is 137 cm³/mol. The number of carbonyl (C=O) groups is 1. The number of fused-ring (bicyclic) bond motifs is 4. The molecule has 2 aliphatic rings. The third-order valence-corrected chi connectivity index (χ3v) is 7.23. The number of benzene rings is 3. The van der Waals surface area contributed by atoms with Gasteiger partial charge in [0.15, 0.2) is 0 Å². The molecule has 1 saturated heterocycles. The molecule has 1 heterocycles. The number of rotatable bonds is 6. The van der Waals surface area contributed by atoms with Crippen LogP contribution in [0.2, 0.25) is 0 Å². The number of amides is 1. The van der Waals surface area contributed by atoms with Crippen molar-refractivity contribution in [1.29, 1.82) is 0 Å². The van der Waals surface area contributed by atoms with Crippen molar-refractivity contribution in [3.8, 4) is 22.3 Å². The molecule has 3 aromatic rings. The first kappa shape index (κ1) is 21.7. The molecule has 1 amide bonds. The van der Waals surface area contributed by atoms with E-state index in [9.17, 15) is 4.79 Å². The van der Waals surface area contributed by atoms with Gasteiger partial charge in [0.05, 0.1) is 0 Å². The van der Waals surface area contributed by atoms with Crippen molar-refractivity contribution in [3.63, 3.8) is 0 Å². The zero-order valence-corrected chi connectivity index (χ0v) is 19.9. The van der Waals surface area contributed by atoms with E-state index >= 15 is 0 Å². The normalized spacial score (nSPS) is 15.9. The van der Waals surface area contributed by atoms with E-state index in [0.717, 1.165) is 50.3 Å². The zero-order valence-electron chi connectivity index (χ0n) is 19.9. The fourth-order valence-electron chi connectivity index (χ4n) is 5.44. The molecule has 1 unspecified atom stereocenters. The topological polar surface area (TPSA) is 35.6 Å². The number of hydrogen-bond donors (Lipinski definition) is 1. The summed E-state index contributed by atoms with van der Waals surface area (Å²) < 4.78 is 0. The van der Waals surface area contributed by atoms with Gasteiger partial charge in [-0.05, 0) is 54.2 Å². The maximum atomic E-state index is 13.2. The Kier molecular flexibility index (Phi) is 5.94. The monoisotopic (exact) mass is 439 g/mol. The van der Waals surface area contributed by atoms with Crippen LogP contribution < -0.4 is 10.2 Å². The van der Waals surface area contributed by atoms with Crippen LogP contribution in [0.25, 0.3) is 22.3 Å². The first-order valence-electron chi connectivity index (χ1n) is 12.1. The van der Waals surface area contributed by atoms with Crippen molar-refractivity contribution in [2.24, 2.45) is 0 Å². The van der Waals surface area contributed by atoms with Gasteiger partial charge >= 0.3 is 0 Å². The third-order valence-electron chi connectivity index (χ3n) is 7.23. The van der Waals surface area contributed by atoms with Crippen LogP contribution in [0.4, 0.5) is 5.69 Å². The second-order valence-electron chi connectivity index (χ2n) is 9.38. The van der Waals surface area contributed by atoms with Crippen molar-refractivity contribution in [3.05, 3.63) is 77.4 Å². The second-order valence-corrected chi connectivity index (χ2v) is 9.38. The lowest BCUT2D eigenvalue weighted by Crippen LogP contribution is -2.51. The average molecular weight is 440 g/mol. The van der Waals surface area contributed by atoms with Crippen molar-refractivity contribution < 1.29 is 4.79 Å². The Morgan fingerprint density at radius 2 is 1.48 bits per heavy atom. The predicted octanol–water partition coefficient (Wildman–Crippen LogP) is 5.28. The number of hydrogen-bond acceptors (Lipinski definition) is 3. The third kappa shape index (κ3) is 4.04. The van der Waals surface area contributed by atoms with Crippen LogP contribution in [0.1, 0.15) is 34.8 Å². The first-order valence-corrected chi connectivity index (χ1v) is 12.1. The summed E-state index contributed by atoms with van der Waals surface area (Å²) >= 11 is 0. The van der Waals surface area contributed by atoms with Crippen molar-refractivity contribution in [2.75, 3.05) is 37.6 Å². The van der Waals surface area contributed by atoms with E-state index in [-0.39, 0.29) is 11.9 Å². The molecule has 33 heavy (non-hydrogen) atoms. The van der Waals surface area contributed by atoms with Crippen LogP contribution >= 0.6 is 0 Å². The summed E-state index contributed by atoms with van der Waals surface area (Å²) in [6, 6.07) is 21.1. The lowest BCUT2D eigenvalue weighted by Gasteiger charge is -2.39. The Morgan fingerprint density at radius 1 is 0.848 bits per heavy atom. The van der Waals surface area contributed by atoms with Crippen LogP contribution in [0, 0.1) is 13.8 Å². The number of para-hydroxylation sites is 1. The SMILES string of the molecule is CCC(CN1CCN(c2c(C)cccc2C)CC1)NC(=O)c1cccc2c1-c1ccccc1-2. The summed E-state index contributed by atoms with van der Waals surface area (Å²) in [5.74, 6) is 0.0439. The first-order chi connectivity index (χ1) is 16.1. The lowest BCUT2D eigenvalue weighted by molar-refractivity contribution is 0.0922. The van der Waals surface area contributed by atoms with Gasteiger partial charge in [0.2, 0.25) is 0 Å². The van der Waals surface area contributed by atoms with Crippen molar-refractivity contribution >= 4 is 11.6 Å². The minimum absolute atomic E-state index is 0.0439. The largest absolute Gasteiger partial charge is 0.369 e. The van der Waals surface area contributed by atoms with E-state index in [1.807, 2.05) is 18.2 Å². The van der Waals surface area contributed by atoms with Gasteiger partial charge in [-0.1, -0.05) is 61.5 Å². The number of piperazine rings is 1. The number of nitrogens with one attached hydrogen (secondary N) is 1. The molecule has 1 N–H and O–H groups in total. The summed E-state index contributed by atoms with van der Waals surface area (Å²) in [6.07, 6.45) is 0.925. The molecule has 170 valence electrons. The molecule has 4 nitrogen and oxygen atoms in total. The van der Waals surface area contributed by atoms with Gasteiger partial charge in [-0.3, -0.25) is 9.69 Å². The molecule has 1 aliphatic carbocycles. The Bertz CT molecular complexity index is 1160. The van der Waals surface area contributed by atoms with Gasteiger partial charge in [0.1, 0.15) is 0 Å². The van der Waals surface area contributed by atoms with E-state index in [2.05, 4.69) is 78.4 Å². The maximum absolute atomic E-state index is 13.2. The van der Waals surface area contributed by atoms with Gasteiger partial charge in [-0.15, -0.1) is 0 Å². The van der Waals surface area contributed by atoms with Gasteiger partial charge in [-0.2, -0.15) is 0 Å². The molecular weight excluding hydrogens is 406 g/mol. The molecule has 4 heteroatoms. The molecule has 1 aliphatic heterocycles. The van der Waals surface area contributed by atoms with E-state index in [0.29, 0.717) is 0 Å². The van der Waals surface area contributed by atoms with Crippen LogP contribution in [-0.2, 0) is 0 Å². The van der Waals surface area contributed by atoms with Gasteiger partial charge in [-0.25, -0.2) is 0 Å². The number of carbonyl (C=O) groups excluding carboxylic acids is 1. The highest BCUT2D eigenvalue weighted by Gasteiger charge is 2.28. The molecule has 3 aromatic carbocycles. The summed E-state index contributed by atoms with van der Waals surface area (Å²) in [4.78, 5) is 18.3. The quantitative estimate of drug-likeness (QED) is 0.444. The smallest absolute Gasteiger partial charge is 0.252 e. The fraction of sp³-hybridized carbons (Fsp3) is 0.345. The highest BCUT2D eigenvalue weighted by molar-refractivity contribution is 6.12. The second kappa shape index (κ2) is 9.03. The molecule has 1 atom stereocenters. The minimum Gasteiger partial charge on any atom is -0.369 e. The van der Waals surface area contributed by atoms with Crippen LogP contribution in [-0.4, -0.2) is 49.6 Å². The summed E-state index contributed by atoms with van der Waals surface area (Å²) in [5, 5.41) is 3.33. The maximum Gasteiger partial charge on any atom is 0.252 e. The molecule has 0 bridgehead atoms. The Morgan fingerprint density at radius 3 is 2.18 bits per heavy atom. The molecule has 1 fully saturated rings. The average Bonchev–Trinajstić information content (AvgIpc) is 2.82. The molecule has 0 saturated carbocycles. The number of anilines is 1. The van der Waals surface area contributed by atoms with Gasteiger partial charge in [0, 0.05) is 55.6 Å². The lowest BCUT2D eigenvalue weighted by atomic mass is 9.78. The van der Waals surface area contributed by atoms with Crippen molar-refractivity contribution in [1.82, 2.24) is 10.2 Å². The highest BCUT2D eigenvalue weighted by atomic mass is 16.1. The standard InChI is InChI=1S/C29H33N3O/c1-4-22(19-31-15-17-32(18-16-31)28-20(2)9-7-10-21(28)3)30-29(33)26-14-8-13-25-23-11-5-6-12-24(23)27(25)26/h5-14,22H,4,15-19H2,1-3H3,(H,30,33). The summed E-state index contributed by atoms with van der Waals surface area (Å²) in [6.45, 7) is 11.6. The molecular formula is C29H33N3O. The van der Waals surface area contributed by atoms with Gasteiger partial charge in [0.25, 0.3) is 5.91 Å². The van der Waals surface area contributed by atoms with Crippen LogP contribution in [0.5, 0.6) is 0 Å². The molecule has 5 rings (SSSR count). The van der Waals surface area contributed by atoms with Crippen LogP contribution in [0.15, 0.2) is 60.7 Å². The molecule has 0 aromatic heterocycles.